The molecule has 0 radical (unpaired) electrons. The van der Waals surface area contributed by atoms with Gasteiger partial charge in [0, 0.05) is 16.8 Å². The molecule has 6 heteroatoms. The zero-order valence-corrected chi connectivity index (χ0v) is 17.8. The number of carbonyl (C=O) groups excluding carboxylic acids is 1. The molecule has 0 aliphatic rings. The fourth-order valence-electron chi connectivity index (χ4n) is 2.76. The van der Waals surface area contributed by atoms with E-state index in [0.717, 1.165) is 17.1 Å². The SMILES string of the molecule is Cc1ccc(-c2nnc(SCC(=O)NC(C)(C)C)n2-c2ccc(C)cc2)cc1. The Hall–Kier alpha value is -2.60. The highest BCUT2D eigenvalue weighted by Gasteiger charge is 2.19. The second-order valence-electron chi connectivity index (χ2n) is 7.93. The molecule has 0 aliphatic heterocycles. The lowest BCUT2D eigenvalue weighted by molar-refractivity contribution is -0.119. The first-order valence-electron chi connectivity index (χ1n) is 9.26. The summed E-state index contributed by atoms with van der Waals surface area (Å²) in [4.78, 5) is 12.2. The Kier molecular flexibility index (Phi) is 5.89. The molecule has 1 aromatic heterocycles. The van der Waals surface area contributed by atoms with Crippen LogP contribution in [0.2, 0.25) is 0 Å². The second-order valence-corrected chi connectivity index (χ2v) is 8.87. The van der Waals surface area contributed by atoms with Gasteiger partial charge in [0.1, 0.15) is 0 Å². The number of nitrogens with one attached hydrogen (secondary N) is 1. The Labute approximate surface area is 170 Å². The average Bonchev–Trinajstić information content (AvgIpc) is 3.04. The Bertz CT molecular complexity index is 954. The summed E-state index contributed by atoms with van der Waals surface area (Å²) >= 11 is 1.39. The average molecular weight is 395 g/mol. The van der Waals surface area contributed by atoms with Crippen LogP contribution < -0.4 is 5.32 Å². The number of aryl methyl sites for hydroxylation is 2. The molecule has 1 N–H and O–H groups in total. The predicted octanol–water partition coefficient (Wildman–Crippen LogP) is 4.56. The van der Waals surface area contributed by atoms with Crippen molar-refractivity contribution in [1.82, 2.24) is 20.1 Å². The molecular weight excluding hydrogens is 368 g/mol. The molecule has 0 atom stereocenters. The first-order chi connectivity index (χ1) is 13.2. The number of rotatable bonds is 5. The fourth-order valence-corrected chi connectivity index (χ4v) is 3.52. The van der Waals surface area contributed by atoms with E-state index in [4.69, 9.17) is 0 Å². The van der Waals surface area contributed by atoms with E-state index in [1.165, 1.54) is 22.9 Å². The molecule has 2 aromatic carbocycles. The largest absolute Gasteiger partial charge is 0.351 e. The molecule has 0 bridgehead atoms. The summed E-state index contributed by atoms with van der Waals surface area (Å²) in [7, 11) is 0. The first-order valence-corrected chi connectivity index (χ1v) is 10.2. The van der Waals surface area contributed by atoms with Crippen LogP contribution in [-0.4, -0.2) is 32.0 Å². The zero-order chi connectivity index (χ0) is 20.3. The number of amides is 1. The third-order valence-corrected chi connectivity index (χ3v) is 5.01. The van der Waals surface area contributed by atoms with Crippen molar-refractivity contribution in [2.24, 2.45) is 0 Å². The van der Waals surface area contributed by atoms with Crippen LogP contribution >= 0.6 is 11.8 Å². The standard InChI is InChI=1S/C22H26N4OS/c1-15-6-10-17(11-7-15)20-24-25-21(28-14-19(27)23-22(3,4)5)26(20)18-12-8-16(2)9-13-18/h6-13H,14H2,1-5H3,(H,23,27). The van der Waals surface area contributed by atoms with Crippen LogP contribution in [0, 0.1) is 13.8 Å². The number of hydrogen-bond donors (Lipinski definition) is 1. The number of carbonyl (C=O) groups is 1. The molecule has 0 saturated heterocycles. The third kappa shape index (κ3) is 5.01. The minimum Gasteiger partial charge on any atom is -0.351 e. The highest BCUT2D eigenvalue weighted by Crippen LogP contribution is 2.28. The van der Waals surface area contributed by atoms with Gasteiger partial charge < -0.3 is 5.32 Å². The lowest BCUT2D eigenvalue weighted by atomic mass is 10.1. The predicted molar refractivity (Wildman–Crippen MR) is 115 cm³/mol. The van der Waals surface area contributed by atoms with E-state index in [0.29, 0.717) is 5.16 Å². The summed E-state index contributed by atoms with van der Waals surface area (Å²) in [5.74, 6) is 1.03. The van der Waals surface area contributed by atoms with Gasteiger partial charge in [-0.25, -0.2) is 0 Å². The molecule has 28 heavy (non-hydrogen) atoms. The van der Waals surface area contributed by atoms with E-state index in [9.17, 15) is 4.79 Å². The van der Waals surface area contributed by atoms with Gasteiger partial charge in [0.25, 0.3) is 0 Å². The van der Waals surface area contributed by atoms with E-state index in [2.05, 4.69) is 65.8 Å². The number of aromatic nitrogens is 3. The van der Waals surface area contributed by atoms with E-state index >= 15 is 0 Å². The summed E-state index contributed by atoms with van der Waals surface area (Å²) in [5, 5.41) is 12.5. The van der Waals surface area contributed by atoms with E-state index < -0.39 is 0 Å². The Morgan fingerprint density at radius 3 is 2.11 bits per heavy atom. The van der Waals surface area contributed by atoms with Crippen molar-refractivity contribution < 1.29 is 4.79 Å². The molecule has 3 rings (SSSR count). The van der Waals surface area contributed by atoms with E-state index in [1.807, 2.05) is 37.5 Å². The normalized spacial score (nSPS) is 11.5. The summed E-state index contributed by atoms with van der Waals surface area (Å²) in [6.45, 7) is 10.0. The Morgan fingerprint density at radius 2 is 1.54 bits per heavy atom. The maximum atomic E-state index is 12.2. The molecule has 146 valence electrons. The lowest BCUT2D eigenvalue weighted by Gasteiger charge is -2.20. The van der Waals surface area contributed by atoms with Crippen molar-refractivity contribution in [2.45, 2.75) is 45.3 Å². The third-order valence-electron chi connectivity index (χ3n) is 4.08. The van der Waals surface area contributed by atoms with Crippen molar-refractivity contribution in [3.63, 3.8) is 0 Å². The molecule has 0 aliphatic carbocycles. The van der Waals surface area contributed by atoms with Gasteiger partial charge in [0.05, 0.1) is 5.75 Å². The van der Waals surface area contributed by atoms with Crippen molar-refractivity contribution >= 4 is 17.7 Å². The van der Waals surface area contributed by atoms with Crippen molar-refractivity contribution in [3.8, 4) is 17.1 Å². The van der Waals surface area contributed by atoms with Gasteiger partial charge in [-0.05, 0) is 46.8 Å². The van der Waals surface area contributed by atoms with Gasteiger partial charge in [0.15, 0.2) is 11.0 Å². The van der Waals surface area contributed by atoms with Crippen LogP contribution in [-0.2, 0) is 4.79 Å². The van der Waals surface area contributed by atoms with Crippen molar-refractivity contribution in [3.05, 3.63) is 59.7 Å². The van der Waals surface area contributed by atoms with Crippen LogP contribution in [0.5, 0.6) is 0 Å². The number of benzene rings is 2. The number of thioether (sulfide) groups is 1. The Balaban J connectivity index is 1.95. The molecule has 5 nitrogen and oxygen atoms in total. The fraction of sp³-hybridized carbons (Fsp3) is 0.318. The maximum absolute atomic E-state index is 12.2. The Morgan fingerprint density at radius 1 is 0.964 bits per heavy atom. The highest BCUT2D eigenvalue weighted by molar-refractivity contribution is 7.99. The number of nitrogens with zero attached hydrogens (tertiary/aromatic N) is 3. The number of hydrogen-bond acceptors (Lipinski definition) is 4. The van der Waals surface area contributed by atoms with E-state index in [-0.39, 0.29) is 17.2 Å². The smallest absolute Gasteiger partial charge is 0.230 e. The molecule has 0 spiro atoms. The van der Waals surface area contributed by atoms with Gasteiger partial charge >= 0.3 is 0 Å². The first kappa shape index (κ1) is 20.1. The molecule has 1 amide bonds. The van der Waals surface area contributed by atoms with Gasteiger partial charge in [0.2, 0.25) is 5.91 Å². The minimum absolute atomic E-state index is 0.0205. The summed E-state index contributed by atoms with van der Waals surface area (Å²) in [6, 6.07) is 16.4. The topological polar surface area (TPSA) is 59.8 Å². The molecule has 1 heterocycles. The summed E-state index contributed by atoms with van der Waals surface area (Å²) in [5.41, 5.74) is 4.09. The van der Waals surface area contributed by atoms with Gasteiger partial charge in [-0.1, -0.05) is 59.3 Å². The summed E-state index contributed by atoms with van der Waals surface area (Å²) in [6.07, 6.45) is 0. The van der Waals surface area contributed by atoms with Gasteiger partial charge in [-0.15, -0.1) is 10.2 Å². The van der Waals surface area contributed by atoms with Crippen LogP contribution in [0.25, 0.3) is 17.1 Å². The van der Waals surface area contributed by atoms with Crippen LogP contribution in [0.3, 0.4) is 0 Å². The molecular formula is C22H26N4OS. The van der Waals surface area contributed by atoms with Gasteiger partial charge in [-0.3, -0.25) is 9.36 Å². The van der Waals surface area contributed by atoms with Gasteiger partial charge in [-0.2, -0.15) is 0 Å². The maximum Gasteiger partial charge on any atom is 0.230 e. The van der Waals surface area contributed by atoms with Crippen LogP contribution in [0.15, 0.2) is 53.7 Å². The monoisotopic (exact) mass is 394 g/mol. The highest BCUT2D eigenvalue weighted by atomic mass is 32.2. The quantitative estimate of drug-likeness (QED) is 0.645. The molecule has 0 unspecified atom stereocenters. The molecule has 0 saturated carbocycles. The van der Waals surface area contributed by atoms with Crippen molar-refractivity contribution in [2.75, 3.05) is 5.75 Å². The summed E-state index contributed by atoms with van der Waals surface area (Å²) < 4.78 is 2.01. The van der Waals surface area contributed by atoms with Crippen LogP contribution in [0.1, 0.15) is 31.9 Å². The second kappa shape index (κ2) is 8.19. The minimum atomic E-state index is -0.255. The van der Waals surface area contributed by atoms with Crippen molar-refractivity contribution in [1.29, 1.82) is 0 Å². The van der Waals surface area contributed by atoms with E-state index in [1.54, 1.807) is 0 Å². The molecule has 0 fully saturated rings. The van der Waals surface area contributed by atoms with Crippen LogP contribution in [0.4, 0.5) is 0 Å². The zero-order valence-electron chi connectivity index (χ0n) is 17.0. The molecule has 3 aromatic rings. The lowest BCUT2D eigenvalue weighted by Crippen LogP contribution is -2.41.